The van der Waals surface area contributed by atoms with Crippen LogP contribution < -0.4 is 15.5 Å². The van der Waals surface area contributed by atoms with Crippen molar-refractivity contribution in [1.29, 1.82) is 0 Å². The molecule has 0 bridgehead atoms. The van der Waals surface area contributed by atoms with Crippen LogP contribution in [-0.4, -0.2) is 64.2 Å². The molecule has 4 aromatic rings. The molecule has 9 heteroatoms. The maximum absolute atomic E-state index is 15.2. The van der Waals surface area contributed by atoms with Gasteiger partial charge in [0.1, 0.15) is 5.82 Å². The Bertz CT molecular complexity index is 1540. The van der Waals surface area contributed by atoms with Crippen molar-refractivity contribution in [3.8, 4) is 11.1 Å². The van der Waals surface area contributed by atoms with Gasteiger partial charge in [0.15, 0.2) is 0 Å². The molecule has 8 nitrogen and oxygen atoms in total. The number of carbonyl (C=O) groups excluding carboxylic acids is 1. The van der Waals surface area contributed by atoms with Crippen LogP contribution in [0.25, 0.3) is 22.0 Å². The first-order valence-corrected chi connectivity index (χ1v) is 13.2. The van der Waals surface area contributed by atoms with Crippen molar-refractivity contribution in [2.45, 2.75) is 19.4 Å². The molecule has 0 spiro atoms. The first-order chi connectivity index (χ1) is 19.2. The summed E-state index contributed by atoms with van der Waals surface area (Å²) in [6, 6.07) is 18.4. The minimum atomic E-state index is -0.736. The number of piperazine rings is 1. The number of nitrogens with zero attached hydrogens (tertiary/aromatic N) is 4. The van der Waals surface area contributed by atoms with E-state index in [-0.39, 0.29) is 23.4 Å². The number of nitrogens with one attached hydrogen (secondary N) is 2. The molecular weight excluding hydrogens is 507 g/mol. The molecular formula is C31H33FN6O2. The summed E-state index contributed by atoms with van der Waals surface area (Å²) in [5.41, 5.74) is 3.44. The summed E-state index contributed by atoms with van der Waals surface area (Å²) >= 11 is 0. The summed E-state index contributed by atoms with van der Waals surface area (Å²) in [6.07, 6.45) is 2.93. The van der Waals surface area contributed by atoms with Crippen LogP contribution in [0.15, 0.2) is 79.5 Å². The molecule has 0 aliphatic carbocycles. The zero-order chi connectivity index (χ0) is 28.3. The summed E-state index contributed by atoms with van der Waals surface area (Å²) in [6.45, 7) is 10.9. The van der Waals surface area contributed by atoms with Crippen LogP contribution in [0.3, 0.4) is 0 Å². The Kier molecular flexibility index (Phi) is 7.77. The van der Waals surface area contributed by atoms with Gasteiger partial charge in [-0.25, -0.2) is 14.4 Å². The van der Waals surface area contributed by atoms with E-state index in [0.29, 0.717) is 17.7 Å². The van der Waals surface area contributed by atoms with E-state index in [2.05, 4.69) is 32.0 Å². The van der Waals surface area contributed by atoms with Gasteiger partial charge in [-0.1, -0.05) is 36.9 Å². The molecule has 3 aromatic carbocycles. The van der Waals surface area contributed by atoms with Gasteiger partial charge in [0.25, 0.3) is 0 Å². The molecule has 1 amide bonds. The van der Waals surface area contributed by atoms with Gasteiger partial charge in [0.2, 0.25) is 11.9 Å². The first-order valence-electron chi connectivity index (χ1n) is 13.2. The average Bonchev–Trinajstić information content (AvgIpc) is 2.93. The number of fused-ring (bicyclic) bond motifs is 1. The van der Waals surface area contributed by atoms with E-state index >= 15 is 4.39 Å². The van der Waals surface area contributed by atoms with E-state index in [4.69, 9.17) is 4.98 Å². The van der Waals surface area contributed by atoms with Crippen molar-refractivity contribution >= 4 is 39.8 Å². The fourth-order valence-electron chi connectivity index (χ4n) is 4.94. The minimum Gasteiger partial charge on any atom is -0.389 e. The van der Waals surface area contributed by atoms with Crippen molar-refractivity contribution in [3.05, 3.63) is 85.3 Å². The summed E-state index contributed by atoms with van der Waals surface area (Å²) in [5.74, 6) is -0.396. The second-order valence-electron chi connectivity index (χ2n) is 10.6. The smallest absolute Gasteiger partial charge is 0.247 e. The molecule has 0 saturated carbocycles. The molecule has 0 atom stereocenters. The van der Waals surface area contributed by atoms with Crippen LogP contribution in [0, 0.1) is 5.82 Å². The Morgan fingerprint density at radius 3 is 2.60 bits per heavy atom. The van der Waals surface area contributed by atoms with Gasteiger partial charge in [0, 0.05) is 61.2 Å². The van der Waals surface area contributed by atoms with E-state index in [1.807, 2.05) is 56.3 Å². The summed E-state index contributed by atoms with van der Waals surface area (Å²) in [4.78, 5) is 25.2. The molecule has 1 fully saturated rings. The van der Waals surface area contributed by atoms with Gasteiger partial charge < -0.3 is 20.6 Å². The molecule has 3 N–H and O–H groups in total. The molecule has 0 radical (unpaired) electrons. The predicted octanol–water partition coefficient (Wildman–Crippen LogP) is 5.20. The maximum Gasteiger partial charge on any atom is 0.247 e. The number of halogens is 1. The molecule has 40 heavy (non-hydrogen) atoms. The summed E-state index contributed by atoms with van der Waals surface area (Å²) < 4.78 is 15.2. The van der Waals surface area contributed by atoms with E-state index in [0.717, 1.165) is 48.4 Å². The van der Waals surface area contributed by atoms with E-state index in [9.17, 15) is 9.90 Å². The Balaban J connectivity index is 1.34. The number of carbonyl (C=O) groups is 1. The lowest BCUT2D eigenvalue weighted by Crippen LogP contribution is -2.50. The Morgan fingerprint density at radius 2 is 1.88 bits per heavy atom. The van der Waals surface area contributed by atoms with Crippen molar-refractivity contribution < 1.29 is 14.3 Å². The van der Waals surface area contributed by atoms with Crippen LogP contribution in [0.5, 0.6) is 0 Å². The fourth-order valence-corrected chi connectivity index (χ4v) is 4.94. The molecule has 206 valence electrons. The number of hydrogen-bond donors (Lipinski definition) is 3. The van der Waals surface area contributed by atoms with Crippen molar-refractivity contribution in [2.24, 2.45) is 0 Å². The number of β-amino-alcohol motifs (C(OH)–C–C–N with tert-alkyl or cyclic N) is 1. The van der Waals surface area contributed by atoms with Gasteiger partial charge in [-0.3, -0.25) is 9.69 Å². The standard InChI is InChI=1S/C31H33FN6O2/c1-4-28(39)34-23-9-5-7-21(17-23)25-10-6-8-22-19-33-30(36-29(22)25)35-27-12-11-24(18-26(27)32)38-15-13-37(14-16-38)20-31(2,3)40/h4-12,17-19,40H,1,13-16,20H2,2-3H3,(H,34,39)(H,33,35,36). The molecule has 1 aliphatic rings. The second-order valence-corrected chi connectivity index (χ2v) is 10.6. The van der Waals surface area contributed by atoms with Crippen LogP contribution in [-0.2, 0) is 4.79 Å². The number of aliphatic hydroxyl groups is 1. The normalized spacial score (nSPS) is 14.2. The van der Waals surface area contributed by atoms with Crippen molar-refractivity contribution in [3.63, 3.8) is 0 Å². The van der Waals surface area contributed by atoms with Gasteiger partial charge in [0.05, 0.1) is 16.8 Å². The fraction of sp³-hybridized carbons (Fsp3) is 0.258. The number of benzene rings is 3. The number of hydrogen-bond acceptors (Lipinski definition) is 7. The monoisotopic (exact) mass is 540 g/mol. The number of aromatic nitrogens is 2. The highest BCUT2D eigenvalue weighted by Gasteiger charge is 2.23. The van der Waals surface area contributed by atoms with Crippen molar-refractivity contribution in [1.82, 2.24) is 14.9 Å². The first kappa shape index (κ1) is 27.2. The van der Waals surface area contributed by atoms with Crippen LogP contribution in [0.2, 0.25) is 0 Å². The molecule has 1 aliphatic heterocycles. The molecule has 0 unspecified atom stereocenters. The number of anilines is 4. The third kappa shape index (κ3) is 6.44. The van der Waals surface area contributed by atoms with Crippen LogP contribution in [0.1, 0.15) is 13.8 Å². The van der Waals surface area contributed by atoms with Gasteiger partial charge in [-0.05, 0) is 55.8 Å². The lowest BCUT2D eigenvalue weighted by molar-refractivity contribution is -0.111. The summed E-state index contributed by atoms with van der Waals surface area (Å²) in [7, 11) is 0. The van der Waals surface area contributed by atoms with E-state index in [1.165, 1.54) is 12.1 Å². The second kappa shape index (κ2) is 11.4. The lowest BCUT2D eigenvalue weighted by atomic mass is 10.0. The molecule has 1 aromatic heterocycles. The number of para-hydroxylation sites is 1. The van der Waals surface area contributed by atoms with Gasteiger partial charge in [-0.15, -0.1) is 0 Å². The van der Waals surface area contributed by atoms with E-state index in [1.54, 1.807) is 18.3 Å². The lowest BCUT2D eigenvalue weighted by Gasteiger charge is -2.38. The Labute approximate surface area is 233 Å². The molecule has 1 saturated heterocycles. The van der Waals surface area contributed by atoms with Gasteiger partial charge in [-0.2, -0.15) is 0 Å². The topological polar surface area (TPSA) is 93.6 Å². The Morgan fingerprint density at radius 1 is 1.10 bits per heavy atom. The summed E-state index contributed by atoms with van der Waals surface area (Å²) in [5, 5.41) is 16.7. The maximum atomic E-state index is 15.2. The predicted molar refractivity (Wildman–Crippen MR) is 158 cm³/mol. The Hall–Kier alpha value is -4.34. The number of amides is 1. The van der Waals surface area contributed by atoms with Crippen molar-refractivity contribution in [2.75, 3.05) is 48.3 Å². The SMILES string of the molecule is C=CC(=O)Nc1cccc(-c2cccc3cnc(Nc4ccc(N5CCN(CC(C)(C)O)CC5)cc4F)nc23)c1. The minimum absolute atomic E-state index is 0.281. The highest BCUT2D eigenvalue weighted by atomic mass is 19.1. The number of rotatable bonds is 8. The largest absolute Gasteiger partial charge is 0.389 e. The van der Waals surface area contributed by atoms with Crippen LogP contribution in [0.4, 0.5) is 27.4 Å². The zero-order valence-electron chi connectivity index (χ0n) is 22.7. The molecule has 2 heterocycles. The third-order valence-electron chi connectivity index (χ3n) is 6.78. The molecule has 5 rings (SSSR count). The van der Waals surface area contributed by atoms with E-state index < -0.39 is 5.60 Å². The average molecular weight is 541 g/mol. The van der Waals surface area contributed by atoms with Gasteiger partial charge >= 0.3 is 0 Å². The zero-order valence-corrected chi connectivity index (χ0v) is 22.7. The quantitative estimate of drug-likeness (QED) is 0.265. The highest BCUT2D eigenvalue weighted by Crippen LogP contribution is 2.31. The van der Waals surface area contributed by atoms with Crippen LogP contribution >= 0.6 is 0 Å². The third-order valence-corrected chi connectivity index (χ3v) is 6.78. The highest BCUT2D eigenvalue weighted by molar-refractivity contribution is 6.00.